The lowest BCUT2D eigenvalue weighted by Crippen LogP contribution is -2.31. The molecule has 1 aromatic heterocycles. The van der Waals surface area contributed by atoms with E-state index < -0.39 is 12.0 Å². The first kappa shape index (κ1) is 13.9. The molecule has 1 unspecified atom stereocenters. The summed E-state index contributed by atoms with van der Waals surface area (Å²) >= 11 is 0. The van der Waals surface area contributed by atoms with Crippen molar-refractivity contribution in [3.8, 4) is 0 Å². The number of hydrogen-bond acceptors (Lipinski definition) is 4. The van der Waals surface area contributed by atoms with Crippen LogP contribution in [-0.2, 0) is 6.18 Å². The Morgan fingerprint density at radius 3 is 2.37 bits per heavy atom. The summed E-state index contributed by atoms with van der Waals surface area (Å²) in [6.07, 6.45) is -1.12. The number of hydrogen-bond donors (Lipinski definition) is 2. The lowest BCUT2D eigenvalue weighted by Gasteiger charge is -2.32. The van der Waals surface area contributed by atoms with E-state index in [1.54, 1.807) is 0 Å². The molecule has 2 rings (SSSR count). The van der Waals surface area contributed by atoms with E-state index in [1.165, 1.54) is 19.5 Å². The maximum atomic E-state index is 12.7. The van der Waals surface area contributed by atoms with Crippen LogP contribution in [0.15, 0.2) is 6.07 Å². The molecule has 0 aliphatic heterocycles. The largest absolute Gasteiger partial charge is 0.451 e. The van der Waals surface area contributed by atoms with Crippen LogP contribution in [0.1, 0.15) is 32.0 Å². The Balaban J connectivity index is 2.19. The Morgan fingerprint density at radius 1 is 1.26 bits per heavy atom. The highest BCUT2D eigenvalue weighted by Gasteiger charge is 2.35. The van der Waals surface area contributed by atoms with Crippen LogP contribution in [0.25, 0.3) is 0 Å². The Kier molecular flexibility index (Phi) is 3.82. The molecule has 0 aromatic carbocycles. The predicted molar refractivity (Wildman–Crippen MR) is 67.0 cm³/mol. The quantitative estimate of drug-likeness (QED) is 0.885. The van der Waals surface area contributed by atoms with Crippen LogP contribution in [0.3, 0.4) is 0 Å². The predicted octanol–water partition coefficient (Wildman–Crippen LogP) is 3.14. The number of rotatable bonds is 4. The van der Waals surface area contributed by atoms with E-state index in [9.17, 15) is 13.2 Å². The maximum Gasteiger partial charge on any atom is 0.451 e. The van der Waals surface area contributed by atoms with Gasteiger partial charge in [0.15, 0.2) is 0 Å². The molecule has 1 fully saturated rings. The van der Waals surface area contributed by atoms with Crippen LogP contribution in [0.2, 0.25) is 0 Å². The summed E-state index contributed by atoms with van der Waals surface area (Å²) in [7, 11) is 1.53. The van der Waals surface area contributed by atoms with Crippen molar-refractivity contribution in [1.82, 2.24) is 9.97 Å². The van der Waals surface area contributed by atoms with Gasteiger partial charge in [-0.2, -0.15) is 13.2 Å². The topological polar surface area (TPSA) is 49.8 Å². The molecule has 1 aliphatic carbocycles. The molecule has 0 saturated heterocycles. The summed E-state index contributed by atoms with van der Waals surface area (Å²) in [5, 5.41) is 5.66. The van der Waals surface area contributed by atoms with Gasteiger partial charge in [0.1, 0.15) is 11.6 Å². The van der Waals surface area contributed by atoms with Crippen LogP contribution in [0.5, 0.6) is 0 Å². The molecule has 1 aromatic rings. The third-order valence-corrected chi connectivity index (χ3v) is 3.47. The molecule has 0 radical (unpaired) electrons. The van der Waals surface area contributed by atoms with E-state index in [4.69, 9.17) is 0 Å². The molecule has 1 heterocycles. The van der Waals surface area contributed by atoms with Gasteiger partial charge in [-0.25, -0.2) is 9.97 Å². The third kappa shape index (κ3) is 3.27. The zero-order chi connectivity index (χ0) is 14.0. The van der Waals surface area contributed by atoms with Crippen LogP contribution in [-0.4, -0.2) is 23.1 Å². The fourth-order valence-electron chi connectivity index (χ4n) is 2.07. The first-order chi connectivity index (χ1) is 8.90. The number of nitrogens with one attached hydrogen (secondary N) is 2. The van der Waals surface area contributed by atoms with Crippen molar-refractivity contribution in [2.45, 2.75) is 38.4 Å². The van der Waals surface area contributed by atoms with E-state index in [2.05, 4.69) is 20.6 Å². The Hall–Kier alpha value is -1.53. The summed E-state index contributed by atoms with van der Waals surface area (Å²) in [6.45, 7) is 1.97. The minimum Gasteiger partial charge on any atom is -0.373 e. The van der Waals surface area contributed by atoms with Gasteiger partial charge in [0.05, 0.1) is 0 Å². The molecule has 1 atom stereocenters. The second kappa shape index (κ2) is 5.22. The molecule has 7 heteroatoms. The smallest absolute Gasteiger partial charge is 0.373 e. The van der Waals surface area contributed by atoms with E-state index in [-0.39, 0.29) is 17.7 Å². The Labute approximate surface area is 109 Å². The van der Waals surface area contributed by atoms with Gasteiger partial charge in [0.25, 0.3) is 0 Å². The van der Waals surface area contributed by atoms with Crippen LogP contribution < -0.4 is 10.6 Å². The molecule has 19 heavy (non-hydrogen) atoms. The van der Waals surface area contributed by atoms with Crippen molar-refractivity contribution < 1.29 is 13.2 Å². The average molecular weight is 274 g/mol. The van der Waals surface area contributed by atoms with Gasteiger partial charge in [-0.1, -0.05) is 6.42 Å². The van der Waals surface area contributed by atoms with Gasteiger partial charge in [0, 0.05) is 19.2 Å². The van der Waals surface area contributed by atoms with Crippen molar-refractivity contribution >= 4 is 11.6 Å². The molecular weight excluding hydrogens is 257 g/mol. The number of aromatic nitrogens is 2. The van der Waals surface area contributed by atoms with Gasteiger partial charge in [-0.15, -0.1) is 0 Å². The monoisotopic (exact) mass is 274 g/mol. The Bertz CT molecular complexity index is 443. The minimum absolute atomic E-state index is 0.120. The van der Waals surface area contributed by atoms with Gasteiger partial charge >= 0.3 is 6.18 Å². The summed E-state index contributed by atoms with van der Waals surface area (Å²) in [6, 6.07) is 1.61. The lowest BCUT2D eigenvalue weighted by atomic mass is 9.80. The molecule has 106 valence electrons. The van der Waals surface area contributed by atoms with Gasteiger partial charge < -0.3 is 10.6 Å². The highest BCUT2D eigenvalue weighted by atomic mass is 19.4. The number of halogens is 3. The standard InChI is InChI=1S/C12H17F3N4/c1-7(8-4-3-5-8)17-10-6-9(16-2)18-11(19-10)12(13,14)15/h6-8H,3-5H2,1-2H3,(H2,16,17,18,19). The third-order valence-electron chi connectivity index (χ3n) is 3.47. The molecule has 2 N–H and O–H groups in total. The normalized spacial score (nSPS) is 17.7. The van der Waals surface area contributed by atoms with E-state index in [0.29, 0.717) is 5.92 Å². The number of nitrogens with zero attached hydrogens (tertiary/aromatic N) is 2. The van der Waals surface area contributed by atoms with Crippen molar-refractivity contribution in [3.63, 3.8) is 0 Å². The Morgan fingerprint density at radius 2 is 1.89 bits per heavy atom. The van der Waals surface area contributed by atoms with Crippen LogP contribution in [0, 0.1) is 5.92 Å². The zero-order valence-electron chi connectivity index (χ0n) is 10.9. The van der Waals surface area contributed by atoms with Crippen molar-refractivity contribution in [1.29, 1.82) is 0 Å². The van der Waals surface area contributed by atoms with Gasteiger partial charge in [0.2, 0.25) is 5.82 Å². The van der Waals surface area contributed by atoms with Gasteiger partial charge in [-0.05, 0) is 25.7 Å². The fraction of sp³-hybridized carbons (Fsp3) is 0.667. The summed E-state index contributed by atoms with van der Waals surface area (Å²) < 4.78 is 38.0. The highest BCUT2D eigenvalue weighted by Crippen LogP contribution is 2.32. The second-order valence-electron chi connectivity index (χ2n) is 4.83. The fourth-order valence-corrected chi connectivity index (χ4v) is 2.07. The summed E-state index contributed by atoms with van der Waals surface area (Å²) in [5.41, 5.74) is 0. The van der Waals surface area contributed by atoms with Gasteiger partial charge in [-0.3, -0.25) is 0 Å². The van der Waals surface area contributed by atoms with Crippen molar-refractivity contribution in [2.24, 2.45) is 5.92 Å². The second-order valence-corrected chi connectivity index (χ2v) is 4.83. The first-order valence-corrected chi connectivity index (χ1v) is 6.30. The van der Waals surface area contributed by atoms with E-state index in [1.807, 2.05) is 6.92 Å². The maximum absolute atomic E-state index is 12.7. The molecule has 1 saturated carbocycles. The van der Waals surface area contributed by atoms with Crippen molar-refractivity contribution in [3.05, 3.63) is 11.9 Å². The van der Waals surface area contributed by atoms with E-state index >= 15 is 0 Å². The first-order valence-electron chi connectivity index (χ1n) is 6.30. The van der Waals surface area contributed by atoms with Crippen LogP contribution in [0.4, 0.5) is 24.8 Å². The molecule has 1 aliphatic rings. The van der Waals surface area contributed by atoms with Crippen LogP contribution >= 0.6 is 0 Å². The SMILES string of the molecule is CNc1cc(NC(C)C2CCC2)nc(C(F)(F)F)n1. The summed E-state index contributed by atoms with van der Waals surface area (Å²) in [5.74, 6) is -0.235. The van der Waals surface area contributed by atoms with E-state index in [0.717, 1.165) is 12.8 Å². The molecule has 0 bridgehead atoms. The zero-order valence-corrected chi connectivity index (χ0v) is 10.9. The molecule has 0 amide bonds. The highest BCUT2D eigenvalue weighted by molar-refractivity contribution is 5.48. The molecular formula is C12H17F3N4. The number of anilines is 2. The molecule has 4 nitrogen and oxygen atoms in total. The van der Waals surface area contributed by atoms with Crippen molar-refractivity contribution in [2.75, 3.05) is 17.7 Å². The average Bonchev–Trinajstić information content (AvgIpc) is 2.24. The minimum atomic E-state index is -4.54. The molecule has 0 spiro atoms. The lowest BCUT2D eigenvalue weighted by molar-refractivity contribution is -0.144. The number of alkyl halides is 3. The summed E-state index contributed by atoms with van der Waals surface area (Å²) in [4.78, 5) is 6.97.